The highest BCUT2D eigenvalue weighted by molar-refractivity contribution is 9.11. The summed E-state index contributed by atoms with van der Waals surface area (Å²) >= 11 is 8.04. The van der Waals surface area contributed by atoms with E-state index >= 15 is 0 Å². The van der Waals surface area contributed by atoms with Crippen molar-refractivity contribution in [3.63, 3.8) is 0 Å². The van der Waals surface area contributed by atoms with Crippen LogP contribution in [0.5, 0.6) is 11.5 Å². The number of nitrogens with one attached hydrogen (secondary N) is 2. The highest BCUT2D eigenvalue weighted by atomic mass is 79.9. The number of aromatic nitrogens is 3. The average molecular weight is 528 g/mol. The molecule has 0 atom stereocenters. The molecule has 0 radical (unpaired) electrons. The van der Waals surface area contributed by atoms with Crippen LogP contribution >= 0.6 is 43.6 Å². The summed E-state index contributed by atoms with van der Waals surface area (Å²) in [7, 11) is 3.17. The SMILES string of the molecule is COc1cc(OC)cc(-c2nc(SCC(=O)Nc3cc(Br)ccc3Br)n[nH]2)c1. The monoisotopic (exact) mass is 526 g/mol. The van der Waals surface area contributed by atoms with Crippen molar-refractivity contribution in [1.29, 1.82) is 0 Å². The summed E-state index contributed by atoms with van der Waals surface area (Å²) in [6.07, 6.45) is 0. The number of H-pyrrole nitrogens is 1. The van der Waals surface area contributed by atoms with Crippen LogP contribution in [0.4, 0.5) is 5.69 Å². The number of methoxy groups -OCH3 is 2. The van der Waals surface area contributed by atoms with Gasteiger partial charge in [-0.2, -0.15) is 0 Å². The van der Waals surface area contributed by atoms with Gasteiger partial charge in [-0.15, -0.1) is 5.10 Å². The van der Waals surface area contributed by atoms with Crippen LogP contribution in [0.3, 0.4) is 0 Å². The molecule has 146 valence electrons. The third-order valence-electron chi connectivity index (χ3n) is 3.62. The number of nitrogens with zero attached hydrogens (tertiary/aromatic N) is 2. The van der Waals surface area contributed by atoms with Gasteiger partial charge in [-0.05, 0) is 46.3 Å². The van der Waals surface area contributed by atoms with Crippen molar-refractivity contribution >= 4 is 55.2 Å². The van der Waals surface area contributed by atoms with E-state index < -0.39 is 0 Å². The maximum Gasteiger partial charge on any atom is 0.234 e. The molecule has 0 spiro atoms. The molecule has 0 bridgehead atoms. The van der Waals surface area contributed by atoms with E-state index in [1.807, 2.05) is 30.3 Å². The number of thioether (sulfide) groups is 1. The first-order chi connectivity index (χ1) is 13.5. The lowest BCUT2D eigenvalue weighted by Crippen LogP contribution is -2.14. The Hall–Kier alpha value is -2.04. The fourth-order valence-electron chi connectivity index (χ4n) is 2.29. The maximum atomic E-state index is 12.2. The number of ether oxygens (including phenoxy) is 2. The van der Waals surface area contributed by atoms with Gasteiger partial charge in [0.15, 0.2) is 5.82 Å². The van der Waals surface area contributed by atoms with E-state index in [4.69, 9.17) is 9.47 Å². The second-order valence-corrected chi connectivity index (χ2v) is 8.24. The van der Waals surface area contributed by atoms with E-state index in [0.29, 0.717) is 28.2 Å². The second kappa shape index (κ2) is 9.44. The van der Waals surface area contributed by atoms with Gasteiger partial charge >= 0.3 is 0 Å². The predicted molar refractivity (Wildman–Crippen MR) is 116 cm³/mol. The Balaban J connectivity index is 1.65. The maximum absolute atomic E-state index is 12.2. The van der Waals surface area contributed by atoms with Gasteiger partial charge < -0.3 is 14.8 Å². The third kappa shape index (κ3) is 5.27. The largest absolute Gasteiger partial charge is 0.497 e. The first-order valence-corrected chi connectivity index (χ1v) is 10.6. The standard InChI is InChI=1S/C18H16Br2N4O3S/c1-26-12-5-10(6-13(8-12)27-2)17-22-18(24-23-17)28-9-16(25)21-15-7-11(19)3-4-14(15)20/h3-8H,9H2,1-2H3,(H,21,25)(H,22,23,24). The lowest BCUT2D eigenvalue weighted by atomic mass is 10.2. The number of anilines is 1. The number of amides is 1. The summed E-state index contributed by atoms with van der Waals surface area (Å²) in [5, 5.41) is 10.4. The van der Waals surface area contributed by atoms with Gasteiger partial charge in [-0.3, -0.25) is 9.89 Å². The average Bonchev–Trinajstić information content (AvgIpc) is 3.18. The van der Waals surface area contributed by atoms with Crippen molar-refractivity contribution in [2.45, 2.75) is 5.16 Å². The van der Waals surface area contributed by atoms with Gasteiger partial charge in [0.2, 0.25) is 11.1 Å². The minimum absolute atomic E-state index is 0.154. The Morgan fingerprint density at radius 3 is 2.54 bits per heavy atom. The van der Waals surface area contributed by atoms with Crippen LogP contribution < -0.4 is 14.8 Å². The quantitative estimate of drug-likeness (QED) is 0.431. The van der Waals surface area contributed by atoms with Crippen molar-refractivity contribution in [3.8, 4) is 22.9 Å². The molecule has 0 saturated carbocycles. The number of benzene rings is 2. The van der Waals surface area contributed by atoms with Crippen molar-refractivity contribution in [3.05, 3.63) is 45.3 Å². The molecule has 1 amide bonds. The molecular formula is C18H16Br2N4O3S. The summed E-state index contributed by atoms with van der Waals surface area (Å²) in [5.41, 5.74) is 1.47. The summed E-state index contributed by atoms with van der Waals surface area (Å²) in [4.78, 5) is 16.7. The van der Waals surface area contributed by atoms with E-state index in [2.05, 4.69) is 52.4 Å². The first kappa shape index (κ1) is 20.7. The molecule has 0 aliphatic carbocycles. The lowest BCUT2D eigenvalue weighted by Gasteiger charge is -2.07. The van der Waals surface area contributed by atoms with Crippen LogP contribution in [0.1, 0.15) is 0 Å². The zero-order chi connectivity index (χ0) is 20.1. The topological polar surface area (TPSA) is 89.1 Å². The second-order valence-electron chi connectivity index (χ2n) is 5.53. The number of carbonyl (C=O) groups excluding carboxylic acids is 1. The van der Waals surface area contributed by atoms with Crippen molar-refractivity contribution in [2.24, 2.45) is 0 Å². The summed E-state index contributed by atoms with van der Waals surface area (Å²) in [6.45, 7) is 0. The van der Waals surface area contributed by atoms with Crippen LogP contribution in [0, 0.1) is 0 Å². The molecule has 2 N–H and O–H groups in total. The molecular weight excluding hydrogens is 512 g/mol. The van der Waals surface area contributed by atoms with Crippen LogP contribution in [-0.4, -0.2) is 41.1 Å². The van der Waals surface area contributed by atoms with Crippen LogP contribution in [0.15, 0.2) is 50.5 Å². The summed E-state index contributed by atoms with van der Waals surface area (Å²) < 4.78 is 12.2. The number of rotatable bonds is 7. The van der Waals surface area contributed by atoms with Gasteiger partial charge in [0.1, 0.15) is 11.5 Å². The van der Waals surface area contributed by atoms with Crippen molar-refractivity contribution in [1.82, 2.24) is 15.2 Å². The highest BCUT2D eigenvalue weighted by Gasteiger charge is 2.12. The Kier molecular flexibility index (Phi) is 6.97. The molecule has 7 nitrogen and oxygen atoms in total. The number of carbonyl (C=O) groups is 1. The van der Waals surface area contributed by atoms with E-state index in [-0.39, 0.29) is 11.7 Å². The Morgan fingerprint density at radius 2 is 1.86 bits per heavy atom. The summed E-state index contributed by atoms with van der Waals surface area (Å²) in [6, 6.07) is 11.0. The minimum atomic E-state index is -0.154. The number of halogens is 2. The molecule has 1 aromatic heterocycles. The first-order valence-electron chi connectivity index (χ1n) is 8.02. The normalized spacial score (nSPS) is 10.6. The fourth-order valence-corrected chi connectivity index (χ4v) is 3.60. The van der Waals surface area contributed by atoms with Gasteiger partial charge in [-0.25, -0.2) is 4.98 Å². The van der Waals surface area contributed by atoms with E-state index in [1.54, 1.807) is 20.3 Å². The molecule has 28 heavy (non-hydrogen) atoms. The highest BCUT2D eigenvalue weighted by Crippen LogP contribution is 2.29. The zero-order valence-corrected chi connectivity index (χ0v) is 18.9. The van der Waals surface area contributed by atoms with E-state index in [9.17, 15) is 4.79 Å². The van der Waals surface area contributed by atoms with E-state index in [0.717, 1.165) is 14.5 Å². The van der Waals surface area contributed by atoms with Crippen LogP contribution in [0.25, 0.3) is 11.4 Å². The molecule has 2 aromatic carbocycles. The predicted octanol–water partition coefficient (Wildman–Crippen LogP) is 4.74. The van der Waals surface area contributed by atoms with Gasteiger partial charge in [-0.1, -0.05) is 27.7 Å². The molecule has 0 aliphatic heterocycles. The molecule has 0 unspecified atom stereocenters. The van der Waals surface area contributed by atoms with Gasteiger partial charge in [0.25, 0.3) is 0 Å². The number of hydrogen-bond acceptors (Lipinski definition) is 6. The Morgan fingerprint density at radius 1 is 1.14 bits per heavy atom. The summed E-state index contributed by atoms with van der Waals surface area (Å²) in [5.74, 6) is 1.89. The Bertz CT molecular complexity index is 974. The number of aromatic amines is 1. The molecule has 1 heterocycles. The molecule has 0 saturated heterocycles. The minimum Gasteiger partial charge on any atom is -0.497 e. The van der Waals surface area contributed by atoms with Crippen LogP contribution in [0.2, 0.25) is 0 Å². The van der Waals surface area contributed by atoms with Gasteiger partial charge in [0.05, 0.1) is 25.7 Å². The molecule has 0 fully saturated rings. The number of hydrogen-bond donors (Lipinski definition) is 2. The Labute approximate surface area is 182 Å². The van der Waals surface area contributed by atoms with E-state index in [1.165, 1.54) is 11.8 Å². The molecule has 0 aliphatic rings. The van der Waals surface area contributed by atoms with Crippen molar-refractivity contribution < 1.29 is 14.3 Å². The van der Waals surface area contributed by atoms with Crippen molar-refractivity contribution in [2.75, 3.05) is 25.3 Å². The molecule has 10 heteroatoms. The van der Waals surface area contributed by atoms with Crippen LogP contribution in [-0.2, 0) is 4.79 Å². The fraction of sp³-hybridized carbons (Fsp3) is 0.167. The molecule has 3 aromatic rings. The zero-order valence-electron chi connectivity index (χ0n) is 15.0. The molecule has 3 rings (SSSR count). The van der Waals surface area contributed by atoms with Gasteiger partial charge in [0, 0.05) is 20.6 Å². The smallest absolute Gasteiger partial charge is 0.234 e. The third-order valence-corrected chi connectivity index (χ3v) is 5.66. The lowest BCUT2D eigenvalue weighted by molar-refractivity contribution is -0.113.